The van der Waals surface area contributed by atoms with Crippen LogP contribution in [-0.4, -0.2) is 49.2 Å². The van der Waals surface area contributed by atoms with E-state index in [-0.39, 0.29) is 17.1 Å². The van der Waals surface area contributed by atoms with E-state index < -0.39 is 5.97 Å². The smallest absolute Gasteiger partial charge is 0.331 e. The number of hydrogen-bond donors (Lipinski definition) is 1. The highest BCUT2D eigenvalue weighted by Crippen LogP contribution is 2.06. The van der Waals surface area contributed by atoms with Gasteiger partial charge in [-0.25, -0.2) is 4.79 Å². The van der Waals surface area contributed by atoms with Crippen LogP contribution in [0.15, 0.2) is 11.1 Å². The Labute approximate surface area is 89.3 Å². The fraction of sp³-hybridized carbons (Fsp3) is 0.600. The van der Waals surface area contributed by atoms with Gasteiger partial charge in [0.05, 0.1) is 6.61 Å². The van der Waals surface area contributed by atoms with Crippen molar-refractivity contribution in [2.24, 2.45) is 0 Å². The van der Waals surface area contributed by atoms with Crippen LogP contribution in [0.3, 0.4) is 0 Å². The molecule has 5 nitrogen and oxygen atoms in total. The van der Waals surface area contributed by atoms with Gasteiger partial charge in [0.2, 0.25) is 5.91 Å². The molecule has 0 radical (unpaired) electrons. The largest absolute Gasteiger partial charge is 0.478 e. The molecular formula is C10H17NO4. The molecule has 0 aliphatic carbocycles. The third-order valence-corrected chi connectivity index (χ3v) is 2.18. The number of carbonyl (C=O) groups excluding carboxylic acids is 1. The van der Waals surface area contributed by atoms with Gasteiger partial charge in [0, 0.05) is 31.8 Å². The molecule has 1 N–H and O–H groups in total. The summed E-state index contributed by atoms with van der Waals surface area (Å²) in [6.07, 6.45) is 0. The summed E-state index contributed by atoms with van der Waals surface area (Å²) in [5.41, 5.74) is 0.324. The van der Waals surface area contributed by atoms with Gasteiger partial charge in [0.1, 0.15) is 0 Å². The molecule has 86 valence electrons. The lowest BCUT2D eigenvalue weighted by Crippen LogP contribution is -2.31. The molecule has 0 aliphatic heterocycles. The lowest BCUT2D eigenvalue weighted by atomic mass is 10.1. The van der Waals surface area contributed by atoms with Crippen molar-refractivity contribution in [2.45, 2.75) is 13.8 Å². The van der Waals surface area contributed by atoms with Crippen LogP contribution in [0, 0.1) is 0 Å². The molecule has 0 rings (SSSR count). The average molecular weight is 215 g/mol. The molecule has 0 unspecified atom stereocenters. The summed E-state index contributed by atoms with van der Waals surface area (Å²) in [5, 5.41) is 8.71. The van der Waals surface area contributed by atoms with Gasteiger partial charge in [-0.2, -0.15) is 0 Å². The van der Waals surface area contributed by atoms with E-state index in [1.54, 1.807) is 14.2 Å². The second kappa shape index (κ2) is 6.19. The molecule has 0 saturated carbocycles. The van der Waals surface area contributed by atoms with Gasteiger partial charge in [-0.1, -0.05) is 0 Å². The van der Waals surface area contributed by atoms with Crippen molar-refractivity contribution in [2.75, 3.05) is 27.3 Å². The van der Waals surface area contributed by atoms with Crippen LogP contribution in [0.4, 0.5) is 0 Å². The third-order valence-electron chi connectivity index (χ3n) is 2.18. The normalized spacial score (nSPS) is 12.0. The van der Waals surface area contributed by atoms with Crippen LogP contribution in [0.5, 0.6) is 0 Å². The topological polar surface area (TPSA) is 66.8 Å². The number of amides is 1. The number of aliphatic carboxylic acids is 1. The van der Waals surface area contributed by atoms with Gasteiger partial charge in [0.15, 0.2) is 0 Å². The Balaban J connectivity index is 4.57. The van der Waals surface area contributed by atoms with E-state index in [9.17, 15) is 9.59 Å². The number of hydrogen-bond acceptors (Lipinski definition) is 3. The summed E-state index contributed by atoms with van der Waals surface area (Å²) in [6.45, 7) is 3.80. The van der Waals surface area contributed by atoms with Crippen molar-refractivity contribution < 1.29 is 19.4 Å². The lowest BCUT2D eigenvalue weighted by Gasteiger charge is -2.17. The Kier molecular flexibility index (Phi) is 5.62. The predicted octanol–water partition coefficient (Wildman–Crippen LogP) is 0.512. The molecule has 0 aliphatic rings. The van der Waals surface area contributed by atoms with Crippen LogP contribution in [0.2, 0.25) is 0 Å². The minimum absolute atomic E-state index is 0.0734. The molecule has 1 amide bonds. The Morgan fingerprint density at radius 3 is 2.20 bits per heavy atom. The average Bonchev–Trinajstić information content (AvgIpc) is 2.22. The number of nitrogens with zero attached hydrogens (tertiary/aromatic N) is 1. The maximum absolute atomic E-state index is 11.6. The van der Waals surface area contributed by atoms with Gasteiger partial charge in [-0.05, 0) is 13.8 Å². The maximum atomic E-state index is 11.6. The van der Waals surface area contributed by atoms with Gasteiger partial charge >= 0.3 is 5.97 Å². The number of carbonyl (C=O) groups is 2. The summed E-state index contributed by atoms with van der Waals surface area (Å²) < 4.78 is 4.82. The first-order valence-corrected chi connectivity index (χ1v) is 4.57. The molecule has 0 heterocycles. The molecule has 0 saturated heterocycles. The molecule has 0 spiro atoms. The van der Waals surface area contributed by atoms with Crippen molar-refractivity contribution in [3.05, 3.63) is 11.1 Å². The van der Waals surface area contributed by atoms with E-state index in [2.05, 4.69) is 0 Å². The number of likely N-dealkylation sites (N-methyl/N-ethyl adjacent to an activating group) is 1. The Morgan fingerprint density at radius 1 is 1.27 bits per heavy atom. The predicted molar refractivity (Wildman–Crippen MR) is 55.5 cm³/mol. The van der Waals surface area contributed by atoms with Crippen LogP contribution in [0.25, 0.3) is 0 Å². The zero-order valence-corrected chi connectivity index (χ0v) is 9.53. The molecule has 0 aromatic rings. The van der Waals surface area contributed by atoms with Crippen molar-refractivity contribution >= 4 is 11.9 Å². The Hall–Kier alpha value is -1.36. The zero-order chi connectivity index (χ0) is 12.0. The highest BCUT2D eigenvalue weighted by atomic mass is 16.5. The molecular weight excluding hydrogens is 198 g/mol. The minimum atomic E-state index is -1.07. The third kappa shape index (κ3) is 4.12. The number of rotatable bonds is 5. The van der Waals surface area contributed by atoms with Crippen LogP contribution in [-0.2, 0) is 14.3 Å². The van der Waals surface area contributed by atoms with Crippen LogP contribution < -0.4 is 0 Å². The van der Waals surface area contributed by atoms with Crippen molar-refractivity contribution in [1.82, 2.24) is 4.90 Å². The monoisotopic (exact) mass is 215 g/mol. The van der Waals surface area contributed by atoms with Gasteiger partial charge < -0.3 is 14.7 Å². The quantitative estimate of drug-likeness (QED) is 0.679. The number of methoxy groups -OCH3 is 1. The van der Waals surface area contributed by atoms with Gasteiger partial charge in [-0.15, -0.1) is 0 Å². The number of ether oxygens (including phenoxy) is 1. The van der Waals surface area contributed by atoms with E-state index in [1.165, 1.54) is 18.7 Å². The van der Waals surface area contributed by atoms with Gasteiger partial charge in [-0.3, -0.25) is 4.79 Å². The molecule has 0 aromatic carbocycles. The standard InChI is InChI=1S/C10H17NO4/c1-7(8(2)10(13)14)9(12)11(3)5-6-15-4/h5-6H2,1-4H3,(H,13,14). The SMILES string of the molecule is COCCN(C)C(=O)C(C)=C(C)C(=O)O. The van der Waals surface area contributed by atoms with Crippen molar-refractivity contribution in [1.29, 1.82) is 0 Å². The second-order valence-corrected chi connectivity index (χ2v) is 3.27. The van der Waals surface area contributed by atoms with Crippen LogP contribution in [0.1, 0.15) is 13.8 Å². The fourth-order valence-electron chi connectivity index (χ4n) is 0.937. The summed E-state index contributed by atoms with van der Waals surface area (Å²) in [5.74, 6) is -1.35. The minimum Gasteiger partial charge on any atom is -0.478 e. The fourth-order valence-corrected chi connectivity index (χ4v) is 0.937. The van der Waals surface area contributed by atoms with E-state index in [0.717, 1.165) is 0 Å². The van der Waals surface area contributed by atoms with Crippen molar-refractivity contribution in [3.8, 4) is 0 Å². The maximum Gasteiger partial charge on any atom is 0.331 e. The first-order valence-electron chi connectivity index (χ1n) is 4.57. The van der Waals surface area contributed by atoms with Crippen molar-refractivity contribution in [3.63, 3.8) is 0 Å². The number of carboxylic acid groups (broad SMARTS) is 1. The highest BCUT2D eigenvalue weighted by Gasteiger charge is 2.15. The van der Waals surface area contributed by atoms with E-state index >= 15 is 0 Å². The second-order valence-electron chi connectivity index (χ2n) is 3.27. The summed E-state index contributed by atoms with van der Waals surface area (Å²) in [4.78, 5) is 23.7. The highest BCUT2D eigenvalue weighted by molar-refractivity contribution is 6.01. The van der Waals surface area contributed by atoms with E-state index in [0.29, 0.717) is 13.2 Å². The van der Waals surface area contributed by atoms with E-state index in [1.807, 2.05) is 0 Å². The molecule has 0 bridgehead atoms. The summed E-state index contributed by atoms with van der Waals surface area (Å²) >= 11 is 0. The first-order chi connectivity index (χ1) is 6.91. The zero-order valence-electron chi connectivity index (χ0n) is 9.53. The summed E-state index contributed by atoms with van der Waals surface area (Å²) in [6, 6.07) is 0. The summed E-state index contributed by atoms with van der Waals surface area (Å²) in [7, 11) is 3.16. The Bertz CT molecular complexity index is 283. The van der Waals surface area contributed by atoms with Crippen LogP contribution >= 0.6 is 0 Å². The molecule has 0 atom stereocenters. The molecule has 15 heavy (non-hydrogen) atoms. The first kappa shape index (κ1) is 13.6. The van der Waals surface area contributed by atoms with E-state index in [4.69, 9.17) is 9.84 Å². The molecule has 0 fully saturated rings. The molecule has 0 aromatic heterocycles. The lowest BCUT2D eigenvalue weighted by molar-refractivity contribution is -0.133. The molecule has 5 heteroatoms. The Morgan fingerprint density at radius 2 is 1.80 bits per heavy atom. The van der Waals surface area contributed by atoms with Gasteiger partial charge in [0.25, 0.3) is 0 Å². The number of carboxylic acids is 1.